The SMILES string of the molecule is COC[C@@H](CO)NC(=O)c1cc(NC(=O)c2cc(-c3ncccc3F)c(F)cc2Cl)n(-c2ccccc2)n1. The predicted molar refractivity (Wildman–Crippen MR) is 136 cm³/mol. The van der Waals surface area contributed by atoms with Crippen LogP contribution < -0.4 is 10.6 Å². The number of hydrogen-bond donors (Lipinski definition) is 3. The largest absolute Gasteiger partial charge is 0.394 e. The van der Waals surface area contributed by atoms with Gasteiger partial charge in [-0.05, 0) is 36.4 Å². The lowest BCUT2D eigenvalue weighted by atomic mass is 10.1. The zero-order chi connectivity index (χ0) is 27.2. The van der Waals surface area contributed by atoms with Crippen LogP contribution in [0, 0.1) is 11.6 Å². The molecule has 0 aliphatic rings. The van der Waals surface area contributed by atoms with Crippen molar-refractivity contribution < 1.29 is 28.2 Å². The van der Waals surface area contributed by atoms with E-state index in [1.54, 1.807) is 30.3 Å². The second kappa shape index (κ2) is 11.9. The highest BCUT2D eigenvalue weighted by Gasteiger charge is 2.23. The zero-order valence-corrected chi connectivity index (χ0v) is 20.7. The number of ether oxygens (including phenoxy) is 1. The Kier molecular flexibility index (Phi) is 8.41. The van der Waals surface area contributed by atoms with Gasteiger partial charge < -0.3 is 20.5 Å². The molecule has 4 rings (SSSR count). The average Bonchev–Trinajstić information content (AvgIpc) is 3.33. The van der Waals surface area contributed by atoms with E-state index < -0.39 is 29.5 Å². The molecular weight excluding hydrogens is 520 g/mol. The number of para-hydroxylation sites is 1. The van der Waals surface area contributed by atoms with Gasteiger partial charge in [0.2, 0.25) is 0 Å². The first kappa shape index (κ1) is 26.9. The number of nitrogens with one attached hydrogen (secondary N) is 2. The number of hydrogen-bond acceptors (Lipinski definition) is 6. The molecule has 2 heterocycles. The first-order chi connectivity index (χ1) is 18.3. The van der Waals surface area contributed by atoms with Gasteiger partial charge in [-0.15, -0.1) is 0 Å². The maximum absolute atomic E-state index is 14.6. The zero-order valence-electron chi connectivity index (χ0n) is 20.0. The van der Waals surface area contributed by atoms with Crippen molar-refractivity contribution in [2.45, 2.75) is 6.04 Å². The Morgan fingerprint density at radius 1 is 1.08 bits per heavy atom. The first-order valence-electron chi connectivity index (χ1n) is 11.3. The van der Waals surface area contributed by atoms with Gasteiger partial charge in [0.05, 0.1) is 35.5 Å². The molecule has 1 atom stereocenters. The molecule has 0 saturated heterocycles. The molecule has 0 aliphatic heterocycles. The molecule has 9 nitrogen and oxygen atoms in total. The van der Waals surface area contributed by atoms with Crippen molar-refractivity contribution >= 4 is 29.2 Å². The van der Waals surface area contributed by atoms with Crippen LogP contribution >= 0.6 is 11.6 Å². The number of nitrogens with zero attached hydrogens (tertiary/aromatic N) is 3. The van der Waals surface area contributed by atoms with Crippen LogP contribution in [-0.4, -0.2) is 58.1 Å². The van der Waals surface area contributed by atoms with Crippen molar-refractivity contribution in [3.05, 3.63) is 94.8 Å². The molecule has 12 heteroatoms. The highest BCUT2D eigenvalue weighted by Crippen LogP contribution is 2.30. The summed E-state index contributed by atoms with van der Waals surface area (Å²) in [6, 6.07) is 13.8. The fourth-order valence-electron chi connectivity index (χ4n) is 3.62. The lowest BCUT2D eigenvalue weighted by Crippen LogP contribution is -2.40. The number of carbonyl (C=O) groups excluding carboxylic acids is 2. The Labute approximate surface area is 221 Å². The molecule has 0 aliphatic carbocycles. The maximum Gasteiger partial charge on any atom is 0.272 e. The van der Waals surface area contributed by atoms with E-state index >= 15 is 0 Å². The van der Waals surface area contributed by atoms with Crippen molar-refractivity contribution in [3.63, 3.8) is 0 Å². The predicted octanol–water partition coefficient (Wildman–Crippen LogP) is 3.86. The van der Waals surface area contributed by atoms with Gasteiger partial charge in [-0.1, -0.05) is 29.8 Å². The fraction of sp³-hybridized carbons (Fsp3) is 0.154. The van der Waals surface area contributed by atoms with Gasteiger partial charge in [0.15, 0.2) is 5.69 Å². The molecule has 2 aromatic carbocycles. The number of amides is 2. The summed E-state index contributed by atoms with van der Waals surface area (Å²) in [5.41, 5.74) is -0.208. The summed E-state index contributed by atoms with van der Waals surface area (Å²) < 4.78 is 35.2. The Hall–Kier alpha value is -4.19. The minimum atomic E-state index is -0.855. The van der Waals surface area contributed by atoms with E-state index in [2.05, 4.69) is 20.7 Å². The van der Waals surface area contributed by atoms with Crippen LogP contribution in [-0.2, 0) is 4.74 Å². The van der Waals surface area contributed by atoms with Crippen LogP contribution in [0.1, 0.15) is 20.8 Å². The lowest BCUT2D eigenvalue weighted by molar-refractivity contribution is 0.0834. The normalized spacial score (nSPS) is 11.7. The molecule has 0 saturated carbocycles. The maximum atomic E-state index is 14.6. The number of carbonyl (C=O) groups is 2. The number of aliphatic hydroxyl groups is 1. The summed E-state index contributed by atoms with van der Waals surface area (Å²) in [5.74, 6) is -2.90. The van der Waals surface area contributed by atoms with E-state index in [1.165, 1.54) is 30.1 Å². The fourth-order valence-corrected chi connectivity index (χ4v) is 3.86. The van der Waals surface area contributed by atoms with E-state index in [0.29, 0.717) is 5.69 Å². The number of benzene rings is 2. The lowest BCUT2D eigenvalue weighted by Gasteiger charge is -2.13. The summed E-state index contributed by atoms with van der Waals surface area (Å²) in [7, 11) is 1.43. The third-order valence-electron chi connectivity index (χ3n) is 5.42. The third kappa shape index (κ3) is 5.86. The molecule has 196 valence electrons. The highest BCUT2D eigenvalue weighted by molar-refractivity contribution is 6.34. The molecule has 0 bridgehead atoms. The number of pyridine rings is 1. The molecule has 0 fully saturated rings. The van der Waals surface area contributed by atoms with Crippen molar-refractivity contribution in [2.24, 2.45) is 0 Å². The molecule has 4 aromatic rings. The van der Waals surface area contributed by atoms with E-state index in [0.717, 1.165) is 18.2 Å². The van der Waals surface area contributed by atoms with Crippen molar-refractivity contribution in [1.82, 2.24) is 20.1 Å². The van der Waals surface area contributed by atoms with Gasteiger partial charge in [-0.25, -0.2) is 13.5 Å². The van der Waals surface area contributed by atoms with Gasteiger partial charge in [0.25, 0.3) is 11.8 Å². The quantitative estimate of drug-likeness (QED) is 0.296. The number of rotatable bonds is 9. The Morgan fingerprint density at radius 3 is 2.53 bits per heavy atom. The van der Waals surface area contributed by atoms with Crippen LogP contribution in [0.25, 0.3) is 16.9 Å². The second-order valence-corrected chi connectivity index (χ2v) is 8.48. The molecule has 3 N–H and O–H groups in total. The van der Waals surface area contributed by atoms with Gasteiger partial charge in [0.1, 0.15) is 23.1 Å². The third-order valence-corrected chi connectivity index (χ3v) is 5.74. The Balaban J connectivity index is 1.70. The summed E-state index contributed by atoms with van der Waals surface area (Å²) in [6.07, 6.45) is 1.30. The minimum absolute atomic E-state index is 0.0554. The number of aliphatic hydroxyl groups excluding tert-OH is 1. The van der Waals surface area contributed by atoms with Crippen LogP contribution in [0.4, 0.5) is 14.6 Å². The number of halogens is 3. The van der Waals surface area contributed by atoms with Crippen molar-refractivity contribution in [3.8, 4) is 16.9 Å². The second-order valence-electron chi connectivity index (χ2n) is 8.07. The van der Waals surface area contributed by atoms with E-state index in [1.807, 2.05) is 0 Å². The van der Waals surface area contributed by atoms with E-state index in [4.69, 9.17) is 16.3 Å². The molecule has 0 spiro atoms. The Morgan fingerprint density at radius 2 is 1.84 bits per heavy atom. The molecule has 0 unspecified atom stereocenters. The molecular formula is C26H22ClF2N5O4. The topological polar surface area (TPSA) is 118 Å². The summed E-state index contributed by atoms with van der Waals surface area (Å²) in [6.45, 7) is -0.279. The van der Waals surface area contributed by atoms with Crippen LogP contribution in [0.5, 0.6) is 0 Å². The minimum Gasteiger partial charge on any atom is -0.394 e. The molecule has 2 amide bonds. The summed E-state index contributed by atoms with van der Waals surface area (Å²) in [4.78, 5) is 29.9. The van der Waals surface area contributed by atoms with Gasteiger partial charge in [-0.3, -0.25) is 14.6 Å². The van der Waals surface area contributed by atoms with Gasteiger partial charge in [-0.2, -0.15) is 5.10 Å². The van der Waals surface area contributed by atoms with Crippen LogP contribution in [0.2, 0.25) is 5.02 Å². The average molecular weight is 542 g/mol. The standard InChI is InChI=1S/C26H22ClF2N5O4/c1-38-14-15(13-35)31-26(37)22-12-23(34(33-22)16-6-3-2-4-7-16)32-25(36)17-10-18(21(29)11-19(17)27)24-20(28)8-5-9-30-24/h2-12,15,35H,13-14H2,1H3,(H,31,37)(H,32,36)/t15-/m1/s1. The Bertz CT molecular complexity index is 1470. The van der Waals surface area contributed by atoms with Crippen LogP contribution in [0.15, 0.2) is 66.9 Å². The number of anilines is 1. The monoisotopic (exact) mass is 541 g/mol. The van der Waals surface area contributed by atoms with Crippen molar-refractivity contribution in [2.75, 3.05) is 25.6 Å². The highest BCUT2D eigenvalue weighted by atomic mass is 35.5. The van der Waals surface area contributed by atoms with Gasteiger partial charge in [0, 0.05) is 24.9 Å². The molecule has 2 aromatic heterocycles. The molecule has 38 heavy (non-hydrogen) atoms. The summed E-state index contributed by atoms with van der Waals surface area (Å²) in [5, 5.41) is 18.8. The first-order valence-corrected chi connectivity index (χ1v) is 11.7. The van der Waals surface area contributed by atoms with Crippen LogP contribution in [0.3, 0.4) is 0 Å². The van der Waals surface area contributed by atoms with E-state index in [-0.39, 0.29) is 46.6 Å². The number of methoxy groups -OCH3 is 1. The summed E-state index contributed by atoms with van der Waals surface area (Å²) >= 11 is 6.17. The van der Waals surface area contributed by atoms with E-state index in [9.17, 15) is 23.5 Å². The molecule has 0 radical (unpaired) electrons. The van der Waals surface area contributed by atoms with Gasteiger partial charge >= 0.3 is 0 Å². The smallest absolute Gasteiger partial charge is 0.272 e. The van der Waals surface area contributed by atoms with Crippen molar-refractivity contribution in [1.29, 1.82) is 0 Å². The number of aromatic nitrogens is 3.